The lowest BCUT2D eigenvalue weighted by atomic mass is 10.4. The molecule has 3 aromatic heterocycles. The molecule has 0 unspecified atom stereocenters. The molecule has 0 bridgehead atoms. The van der Waals surface area contributed by atoms with E-state index in [0.29, 0.717) is 0 Å². The Bertz CT molecular complexity index is 596. The van der Waals surface area contributed by atoms with E-state index < -0.39 is 0 Å². The van der Waals surface area contributed by atoms with Crippen molar-refractivity contribution < 1.29 is 9.94 Å². The minimum Gasteiger partial charge on any atom is -0.285 e. The van der Waals surface area contributed by atoms with Gasteiger partial charge in [0.1, 0.15) is 5.82 Å². The van der Waals surface area contributed by atoms with Crippen molar-refractivity contribution in [1.29, 1.82) is 0 Å². The van der Waals surface area contributed by atoms with Crippen molar-refractivity contribution in [2.45, 2.75) is 62.3 Å². The Labute approximate surface area is 169 Å². The monoisotopic (exact) mass is 393 g/mol. The Morgan fingerprint density at radius 1 is 0.815 bits per heavy atom. The molecule has 0 amide bonds. The number of hydrogen-bond acceptors (Lipinski definition) is 5. The van der Waals surface area contributed by atoms with E-state index in [1.54, 1.807) is 42.1 Å². The Morgan fingerprint density at radius 2 is 1.37 bits per heavy atom. The van der Waals surface area contributed by atoms with Crippen LogP contribution in [-0.4, -0.2) is 20.2 Å². The first-order chi connectivity index (χ1) is 13.1. The molecular formula is C21H37N4OS+. The fourth-order valence-corrected chi connectivity index (χ4v) is 1.71. The molecule has 0 radical (unpaired) electrons. The molecule has 0 aliphatic carbocycles. The van der Waals surface area contributed by atoms with Gasteiger partial charge in [-0.05, 0) is 26.0 Å². The first-order valence-electron chi connectivity index (χ1n) is 9.34. The normalized spacial score (nSPS) is 7.59. The van der Waals surface area contributed by atoms with Crippen molar-refractivity contribution in [3.05, 3.63) is 71.0 Å². The quantitative estimate of drug-likeness (QED) is 0.385. The Balaban J connectivity index is -0.000000282. The smallest absolute Gasteiger partial charge is 0.231 e. The van der Waals surface area contributed by atoms with E-state index in [4.69, 9.17) is 5.21 Å². The van der Waals surface area contributed by atoms with Gasteiger partial charge in [0.25, 0.3) is 0 Å². The Morgan fingerprint density at radius 3 is 1.59 bits per heavy atom. The summed E-state index contributed by atoms with van der Waals surface area (Å²) in [6.07, 6.45) is 5.04. The summed E-state index contributed by atoms with van der Waals surface area (Å²) in [6.45, 7) is 17.7. The molecule has 6 heteroatoms. The molecule has 1 N–H and O–H groups in total. The van der Waals surface area contributed by atoms with E-state index in [1.807, 2.05) is 85.3 Å². The third-order valence-electron chi connectivity index (χ3n) is 2.29. The highest BCUT2D eigenvalue weighted by Gasteiger charge is 1.96. The van der Waals surface area contributed by atoms with Gasteiger partial charge in [0.05, 0.1) is 5.51 Å². The van der Waals surface area contributed by atoms with Crippen LogP contribution in [-0.2, 0) is 0 Å². The summed E-state index contributed by atoms with van der Waals surface area (Å²) in [5.74, 6) is 0.822. The average molecular weight is 394 g/mol. The van der Waals surface area contributed by atoms with Crippen molar-refractivity contribution >= 4 is 11.3 Å². The zero-order valence-electron chi connectivity index (χ0n) is 18.3. The molecule has 0 aliphatic rings. The van der Waals surface area contributed by atoms with Gasteiger partial charge < -0.3 is 0 Å². The summed E-state index contributed by atoms with van der Waals surface area (Å²) in [5.41, 5.74) is 3.78. The molecule has 0 fully saturated rings. The van der Waals surface area contributed by atoms with E-state index in [-0.39, 0.29) is 0 Å². The molecule has 0 aromatic carbocycles. The van der Waals surface area contributed by atoms with Crippen LogP contribution < -0.4 is 4.73 Å². The van der Waals surface area contributed by atoms with Gasteiger partial charge in [-0.15, -0.1) is 11.3 Å². The highest BCUT2D eigenvalue weighted by molar-refractivity contribution is 7.07. The first-order valence-corrected chi connectivity index (χ1v) is 10.3. The zero-order valence-corrected chi connectivity index (χ0v) is 19.2. The maximum absolute atomic E-state index is 8.84. The number of nitrogens with zero attached hydrogens (tertiary/aromatic N) is 4. The van der Waals surface area contributed by atoms with E-state index in [2.05, 4.69) is 15.0 Å². The summed E-state index contributed by atoms with van der Waals surface area (Å²) in [4.78, 5) is 11.7. The summed E-state index contributed by atoms with van der Waals surface area (Å²) < 4.78 is 1.08. The molecule has 0 saturated carbocycles. The van der Waals surface area contributed by atoms with Gasteiger partial charge in [-0.25, -0.2) is 9.97 Å². The van der Waals surface area contributed by atoms with E-state index in [1.165, 1.54) is 0 Å². The summed E-state index contributed by atoms with van der Waals surface area (Å²) in [5, 5.41) is 10.8. The summed E-state index contributed by atoms with van der Waals surface area (Å²) in [6, 6.07) is 7.28. The topological polar surface area (TPSA) is 62.8 Å². The van der Waals surface area contributed by atoms with Crippen LogP contribution in [0.25, 0.3) is 0 Å². The maximum Gasteiger partial charge on any atom is 0.231 e. The van der Waals surface area contributed by atoms with Crippen molar-refractivity contribution in [3.63, 3.8) is 0 Å². The summed E-state index contributed by atoms with van der Waals surface area (Å²) in [7, 11) is 0. The van der Waals surface area contributed by atoms with Crippen molar-refractivity contribution in [1.82, 2.24) is 15.0 Å². The standard InChI is InChI=1S/C6H8NO.C5H6N2.C4H5NS.3C2H6/c1-6-4-2-3-5-7(6)8;1-5-6-3-2-4-7-5;1-4-2-6-3-5-4;3*1-2/h2-5,8H,1H3;2-4H,1H3;2-3H,1H3;3*1-2H3/q+1;;;;;. The van der Waals surface area contributed by atoms with Gasteiger partial charge in [-0.3, -0.25) is 10.2 Å². The van der Waals surface area contributed by atoms with Gasteiger partial charge in [0.15, 0.2) is 0 Å². The SMILES string of the molecule is CC.CC.CC.Cc1cccc[n+]1O.Cc1cscn1.Cc1ncccn1. The fraction of sp³-hybridized carbons (Fsp3) is 0.429. The predicted octanol–water partition coefficient (Wildman–Crippen LogP) is 5.83. The second-order valence-electron chi connectivity index (χ2n) is 4.11. The van der Waals surface area contributed by atoms with Crippen LogP contribution in [0.1, 0.15) is 58.8 Å². The third kappa shape index (κ3) is 19.8. The molecular weight excluding hydrogens is 356 g/mol. The number of rotatable bonds is 0. The van der Waals surface area contributed by atoms with Crippen molar-refractivity contribution in [2.75, 3.05) is 0 Å². The van der Waals surface area contributed by atoms with Crippen molar-refractivity contribution in [2.24, 2.45) is 0 Å². The molecule has 0 saturated heterocycles. The Hall–Kier alpha value is -2.34. The van der Waals surface area contributed by atoms with Crippen molar-refractivity contribution in [3.8, 4) is 0 Å². The first kappa shape index (κ1) is 29.4. The van der Waals surface area contributed by atoms with E-state index in [9.17, 15) is 0 Å². The predicted molar refractivity (Wildman–Crippen MR) is 116 cm³/mol. The van der Waals surface area contributed by atoms with Gasteiger partial charge >= 0.3 is 0 Å². The van der Waals surface area contributed by atoms with E-state index >= 15 is 0 Å². The van der Waals surface area contributed by atoms with Gasteiger partial charge in [-0.2, -0.15) is 0 Å². The van der Waals surface area contributed by atoms with Crippen LogP contribution in [0, 0.1) is 20.8 Å². The lowest BCUT2D eigenvalue weighted by Crippen LogP contribution is -2.32. The van der Waals surface area contributed by atoms with Crippen LogP contribution in [0.5, 0.6) is 0 Å². The molecule has 0 spiro atoms. The number of pyridine rings is 1. The largest absolute Gasteiger partial charge is 0.285 e. The zero-order chi connectivity index (χ0) is 21.5. The highest BCUT2D eigenvalue weighted by atomic mass is 32.1. The molecule has 0 aliphatic heterocycles. The van der Waals surface area contributed by atoms with Crippen LogP contribution in [0.2, 0.25) is 0 Å². The average Bonchev–Trinajstić information content (AvgIpc) is 3.21. The van der Waals surface area contributed by atoms with Gasteiger partial charge in [-0.1, -0.05) is 41.5 Å². The fourth-order valence-electron chi connectivity index (χ4n) is 1.17. The minimum absolute atomic E-state index is 0.822. The molecule has 152 valence electrons. The summed E-state index contributed by atoms with van der Waals surface area (Å²) >= 11 is 1.63. The Kier molecular flexibility index (Phi) is 25.8. The number of thiazole rings is 1. The van der Waals surface area contributed by atoms with Gasteiger partial charge in [0.2, 0.25) is 11.9 Å². The van der Waals surface area contributed by atoms with Crippen LogP contribution in [0.3, 0.4) is 0 Å². The molecule has 5 nitrogen and oxygen atoms in total. The highest BCUT2D eigenvalue weighted by Crippen LogP contribution is 1.95. The van der Waals surface area contributed by atoms with Gasteiger partial charge in [0, 0.05) is 47.3 Å². The number of aromatic nitrogens is 4. The van der Waals surface area contributed by atoms with Crippen LogP contribution in [0.4, 0.5) is 0 Å². The number of aryl methyl sites for hydroxylation is 3. The molecule has 3 aromatic rings. The van der Waals surface area contributed by atoms with Crippen LogP contribution in [0.15, 0.2) is 53.7 Å². The molecule has 3 heterocycles. The second-order valence-corrected chi connectivity index (χ2v) is 4.83. The number of hydrogen-bond donors (Lipinski definition) is 1. The molecule has 0 atom stereocenters. The van der Waals surface area contributed by atoms with E-state index in [0.717, 1.165) is 21.9 Å². The van der Waals surface area contributed by atoms with Crippen LogP contribution >= 0.6 is 11.3 Å². The third-order valence-corrected chi connectivity index (χ3v) is 2.99. The molecule has 3 rings (SSSR count). The minimum atomic E-state index is 0.822. The lowest BCUT2D eigenvalue weighted by Gasteiger charge is -1.83. The lowest BCUT2D eigenvalue weighted by molar-refractivity contribution is -0.908. The maximum atomic E-state index is 8.84. The molecule has 27 heavy (non-hydrogen) atoms. The second kappa shape index (κ2) is 23.7.